The van der Waals surface area contributed by atoms with Crippen LogP contribution in [0.25, 0.3) is 0 Å². The van der Waals surface area contributed by atoms with E-state index in [4.69, 9.17) is 16.7 Å². The van der Waals surface area contributed by atoms with Crippen molar-refractivity contribution in [2.45, 2.75) is 56.1 Å². The number of amides is 1. The van der Waals surface area contributed by atoms with Crippen molar-refractivity contribution < 1.29 is 13.2 Å². The Balaban J connectivity index is 1.58. The molecule has 0 spiro atoms. The van der Waals surface area contributed by atoms with Gasteiger partial charge in [-0.1, -0.05) is 29.8 Å². The van der Waals surface area contributed by atoms with Crippen molar-refractivity contribution in [1.82, 2.24) is 4.90 Å². The summed E-state index contributed by atoms with van der Waals surface area (Å²) in [7, 11) is -3.77. The summed E-state index contributed by atoms with van der Waals surface area (Å²) in [5.41, 5.74) is 2.62. The van der Waals surface area contributed by atoms with Crippen LogP contribution < -0.4 is 10.0 Å². The molecule has 2 aromatic rings. The molecule has 2 aliphatic rings. The fourth-order valence-corrected chi connectivity index (χ4v) is 5.24. The second kappa shape index (κ2) is 7.96. The number of anilines is 1. The molecule has 1 aliphatic carbocycles. The van der Waals surface area contributed by atoms with E-state index in [2.05, 4.69) is 11.8 Å². The smallest absolute Gasteiger partial charge is 0.241 e. The maximum atomic E-state index is 13.4. The molecule has 160 valence electrons. The lowest BCUT2D eigenvalue weighted by Gasteiger charge is -2.32. The van der Waals surface area contributed by atoms with E-state index in [0.717, 1.165) is 29.7 Å². The topological polar surface area (TPSA) is 83.7 Å². The van der Waals surface area contributed by atoms with Crippen LogP contribution in [0.1, 0.15) is 43.9 Å². The zero-order chi connectivity index (χ0) is 21.6. The third-order valence-electron chi connectivity index (χ3n) is 6.05. The van der Waals surface area contributed by atoms with Crippen LogP contribution in [0.5, 0.6) is 0 Å². The zero-order valence-electron chi connectivity index (χ0n) is 17.1. The molecule has 8 heteroatoms. The Bertz CT molecular complexity index is 1080. The van der Waals surface area contributed by atoms with Crippen LogP contribution in [0, 0.1) is 0 Å². The number of primary sulfonamides is 1. The molecule has 30 heavy (non-hydrogen) atoms. The van der Waals surface area contributed by atoms with E-state index in [1.807, 2.05) is 31.2 Å². The summed E-state index contributed by atoms with van der Waals surface area (Å²) in [6, 6.07) is 12.9. The summed E-state index contributed by atoms with van der Waals surface area (Å²) < 4.78 is 23.3. The molecule has 2 N–H and O–H groups in total. The van der Waals surface area contributed by atoms with Crippen LogP contribution in [0.15, 0.2) is 47.4 Å². The molecule has 2 unspecified atom stereocenters. The van der Waals surface area contributed by atoms with Gasteiger partial charge in [-0.3, -0.25) is 9.69 Å². The summed E-state index contributed by atoms with van der Waals surface area (Å²) in [4.78, 5) is 17.5. The number of sulfonamides is 1. The predicted octanol–water partition coefficient (Wildman–Crippen LogP) is 3.49. The van der Waals surface area contributed by atoms with Gasteiger partial charge in [0.25, 0.3) is 0 Å². The van der Waals surface area contributed by atoms with Crippen LogP contribution in [0.4, 0.5) is 5.69 Å². The first kappa shape index (κ1) is 21.3. The van der Waals surface area contributed by atoms with Crippen molar-refractivity contribution >= 4 is 33.2 Å². The molecule has 2 aromatic carbocycles. The molecule has 0 saturated heterocycles. The molecule has 1 amide bonds. The van der Waals surface area contributed by atoms with E-state index >= 15 is 0 Å². The average molecular weight is 448 g/mol. The van der Waals surface area contributed by atoms with Gasteiger partial charge in [-0.2, -0.15) is 0 Å². The van der Waals surface area contributed by atoms with E-state index < -0.39 is 10.0 Å². The second-order valence-electron chi connectivity index (χ2n) is 8.25. The number of carbonyl (C=O) groups excluding carboxylic acids is 1. The minimum Gasteiger partial charge on any atom is -0.308 e. The Labute approximate surface area is 182 Å². The molecule has 6 nitrogen and oxygen atoms in total. The Morgan fingerprint density at radius 2 is 1.97 bits per heavy atom. The van der Waals surface area contributed by atoms with Crippen LogP contribution in [-0.4, -0.2) is 37.9 Å². The van der Waals surface area contributed by atoms with Gasteiger partial charge >= 0.3 is 0 Å². The Morgan fingerprint density at radius 3 is 2.60 bits per heavy atom. The van der Waals surface area contributed by atoms with E-state index in [-0.39, 0.29) is 29.4 Å². The molecule has 1 fully saturated rings. The lowest BCUT2D eigenvalue weighted by atomic mass is 10.1. The lowest BCUT2D eigenvalue weighted by molar-refractivity contribution is -0.120. The van der Waals surface area contributed by atoms with Gasteiger partial charge in [0.2, 0.25) is 15.9 Å². The zero-order valence-corrected chi connectivity index (χ0v) is 18.7. The highest BCUT2D eigenvalue weighted by Crippen LogP contribution is 2.38. The van der Waals surface area contributed by atoms with Crippen molar-refractivity contribution in [1.29, 1.82) is 0 Å². The molecule has 0 radical (unpaired) electrons. The molecule has 1 saturated carbocycles. The number of halogens is 1. The van der Waals surface area contributed by atoms with Crippen molar-refractivity contribution in [3.8, 4) is 0 Å². The second-order valence-corrected chi connectivity index (χ2v) is 10.2. The molecule has 0 aromatic heterocycles. The number of nitrogens with two attached hydrogens (primary N) is 1. The molecular weight excluding hydrogens is 422 g/mol. The summed E-state index contributed by atoms with van der Waals surface area (Å²) in [5.74, 6) is 0.00964. The van der Waals surface area contributed by atoms with Gasteiger partial charge in [0.15, 0.2) is 0 Å². The molecular formula is C22H26ClN3O3S. The fraction of sp³-hybridized carbons (Fsp3) is 0.409. The predicted molar refractivity (Wildman–Crippen MR) is 118 cm³/mol. The maximum Gasteiger partial charge on any atom is 0.241 e. The van der Waals surface area contributed by atoms with E-state index in [1.54, 1.807) is 17.0 Å². The van der Waals surface area contributed by atoms with Gasteiger partial charge in [0.1, 0.15) is 0 Å². The Kier molecular flexibility index (Phi) is 5.66. The van der Waals surface area contributed by atoms with Gasteiger partial charge in [-0.05, 0) is 68.5 Å². The highest BCUT2D eigenvalue weighted by molar-refractivity contribution is 7.89. The van der Waals surface area contributed by atoms with Crippen LogP contribution in [0.2, 0.25) is 5.02 Å². The van der Waals surface area contributed by atoms with Crippen LogP contribution in [-0.2, 0) is 21.2 Å². The molecule has 1 heterocycles. The van der Waals surface area contributed by atoms with Crippen molar-refractivity contribution in [3.63, 3.8) is 0 Å². The number of benzene rings is 2. The Morgan fingerprint density at radius 1 is 1.27 bits per heavy atom. The fourth-order valence-electron chi connectivity index (χ4n) is 4.38. The first-order chi connectivity index (χ1) is 14.2. The van der Waals surface area contributed by atoms with Gasteiger partial charge in [-0.25, -0.2) is 13.6 Å². The van der Waals surface area contributed by atoms with Crippen molar-refractivity contribution in [2.24, 2.45) is 5.14 Å². The minimum absolute atomic E-state index is 0.00964. The standard InChI is InChI=1S/C22H26ClN3O3S/c1-14-11-16-12-18(30(24,28)29)9-10-21(16)26(14)22(27)13-25(17-7-8-17)15(2)19-5-3-4-6-20(19)23/h3-6,9-10,12,14-15,17H,7-8,11,13H2,1-2H3,(H2,24,28,29). The van der Waals surface area contributed by atoms with Crippen molar-refractivity contribution in [3.05, 3.63) is 58.6 Å². The normalized spacial score (nSPS) is 19.8. The number of carbonyl (C=O) groups is 1. The number of rotatable bonds is 6. The quantitative estimate of drug-likeness (QED) is 0.734. The van der Waals surface area contributed by atoms with E-state index in [1.165, 1.54) is 6.07 Å². The Hall–Kier alpha value is -1.93. The van der Waals surface area contributed by atoms with Crippen LogP contribution >= 0.6 is 11.6 Å². The van der Waals surface area contributed by atoms with Crippen LogP contribution in [0.3, 0.4) is 0 Å². The number of fused-ring (bicyclic) bond motifs is 1. The largest absolute Gasteiger partial charge is 0.308 e. The summed E-state index contributed by atoms with van der Waals surface area (Å²) >= 11 is 6.41. The highest BCUT2D eigenvalue weighted by Gasteiger charge is 2.38. The molecule has 0 bridgehead atoms. The van der Waals surface area contributed by atoms with E-state index in [0.29, 0.717) is 17.5 Å². The first-order valence-corrected chi connectivity index (χ1v) is 12.1. The maximum absolute atomic E-state index is 13.4. The third kappa shape index (κ3) is 4.12. The van der Waals surface area contributed by atoms with E-state index in [9.17, 15) is 13.2 Å². The SMILES string of the molecule is CC1Cc2cc(S(N)(=O)=O)ccc2N1C(=O)CN(C1CC1)C(C)c1ccccc1Cl. The average Bonchev–Trinajstić information content (AvgIpc) is 3.46. The summed E-state index contributed by atoms with van der Waals surface area (Å²) in [6.07, 6.45) is 2.76. The van der Waals surface area contributed by atoms with Gasteiger partial charge in [-0.15, -0.1) is 0 Å². The third-order valence-corrected chi connectivity index (χ3v) is 7.31. The van der Waals surface area contributed by atoms with Crippen molar-refractivity contribution in [2.75, 3.05) is 11.4 Å². The van der Waals surface area contributed by atoms with Gasteiger partial charge < -0.3 is 4.90 Å². The minimum atomic E-state index is -3.77. The number of hydrogen-bond donors (Lipinski definition) is 1. The number of nitrogens with zero attached hydrogens (tertiary/aromatic N) is 2. The summed E-state index contributed by atoms with van der Waals surface area (Å²) in [5, 5.41) is 5.97. The molecule has 4 rings (SSSR count). The number of hydrogen-bond acceptors (Lipinski definition) is 4. The highest BCUT2D eigenvalue weighted by atomic mass is 35.5. The summed E-state index contributed by atoms with van der Waals surface area (Å²) in [6.45, 7) is 4.36. The monoisotopic (exact) mass is 447 g/mol. The first-order valence-electron chi connectivity index (χ1n) is 10.1. The lowest BCUT2D eigenvalue weighted by Crippen LogP contribution is -2.44. The van der Waals surface area contributed by atoms with Gasteiger partial charge in [0, 0.05) is 28.8 Å². The molecule has 2 atom stereocenters. The van der Waals surface area contributed by atoms with Gasteiger partial charge in [0.05, 0.1) is 11.4 Å². The molecule has 1 aliphatic heterocycles.